The van der Waals surface area contributed by atoms with Gasteiger partial charge in [0.25, 0.3) is 5.91 Å². The molecule has 0 bridgehead atoms. The second-order valence-electron chi connectivity index (χ2n) is 9.76. The number of unbranched alkanes of at least 4 members (excludes halogenated alkanes) is 5. The monoisotopic (exact) mass is 582 g/mol. The van der Waals surface area contributed by atoms with E-state index in [1.807, 2.05) is 47.4 Å². The fraction of sp³-hybridized carbons (Fsp3) is 0.467. The molecule has 1 saturated heterocycles. The Labute approximate surface area is 234 Å². The highest BCUT2D eigenvalue weighted by Gasteiger charge is 2.28. The van der Waals surface area contributed by atoms with Gasteiger partial charge < -0.3 is 10.2 Å². The molecule has 7 nitrogen and oxygen atoms in total. The van der Waals surface area contributed by atoms with Crippen molar-refractivity contribution >= 4 is 39.4 Å². The molecule has 204 valence electrons. The van der Waals surface area contributed by atoms with E-state index >= 15 is 0 Å². The fourth-order valence-corrected chi connectivity index (χ4v) is 5.05. The minimum absolute atomic E-state index is 0.140. The highest BCUT2D eigenvalue weighted by molar-refractivity contribution is 9.10. The first-order valence-electron chi connectivity index (χ1n) is 13.7. The van der Waals surface area contributed by atoms with Crippen LogP contribution in [0.4, 0.5) is 0 Å². The Hall–Kier alpha value is -3.00. The quantitative estimate of drug-likeness (QED) is 0.180. The van der Waals surface area contributed by atoms with Gasteiger partial charge in [-0.3, -0.25) is 14.4 Å². The number of rotatable bonds is 13. The van der Waals surface area contributed by atoms with Gasteiger partial charge in [0.15, 0.2) is 0 Å². The Balaban J connectivity index is 1.56. The lowest BCUT2D eigenvalue weighted by Gasteiger charge is -2.31. The number of amides is 3. The predicted octanol–water partition coefficient (Wildman–Crippen LogP) is 5.69. The van der Waals surface area contributed by atoms with Gasteiger partial charge in [-0.15, -0.1) is 0 Å². The van der Waals surface area contributed by atoms with Crippen LogP contribution in [0.15, 0.2) is 64.2 Å². The van der Waals surface area contributed by atoms with Gasteiger partial charge in [0.2, 0.25) is 11.8 Å². The zero-order chi connectivity index (χ0) is 27.2. The van der Waals surface area contributed by atoms with Gasteiger partial charge in [-0.1, -0.05) is 81.5 Å². The highest BCUT2D eigenvalue weighted by atomic mass is 79.9. The molecule has 38 heavy (non-hydrogen) atoms. The van der Waals surface area contributed by atoms with Crippen LogP contribution in [-0.2, 0) is 9.59 Å². The van der Waals surface area contributed by atoms with Crippen LogP contribution in [0.25, 0.3) is 0 Å². The maximum Gasteiger partial charge on any atom is 0.252 e. The third-order valence-electron chi connectivity index (χ3n) is 6.83. The summed E-state index contributed by atoms with van der Waals surface area (Å²) in [5, 5.41) is 7.29. The fourth-order valence-electron chi connectivity index (χ4n) is 4.59. The van der Waals surface area contributed by atoms with E-state index in [0.29, 0.717) is 35.3 Å². The average Bonchev–Trinajstić information content (AvgIpc) is 2.95. The summed E-state index contributed by atoms with van der Waals surface area (Å²) in [6.07, 6.45) is 8.94. The standard InChI is InChI=1S/C30H39BrN4O3/c1-2-3-4-5-6-10-19-28(36)35-20-13-16-24(22-35)29(37)34-33-27(23-14-8-7-9-15-23)21-32-30(38)25-17-11-12-18-26(25)31/h7-9,11-12,14-15,17-18,24H,2-6,10,13,16,19-22H2,1H3,(H,32,38)(H,34,37)/b33-27+/t24-/m0/s1. The van der Waals surface area contributed by atoms with E-state index in [1.54, 1.807) is 12.1 Å². The first-order valence-corrected chi connectivity index (χ1v) is 14.5. The molecule has 2 aromatic rings. The minimum Gasteiger partial charge on any atom is -0.346 e. The molecule has 1 aliphatic rings. The van der Waals surface area contributed by atoms with Crippen molar-refractivity contribution in [3.8, 4) is 0 Å². The van der Waals surface area contributed by atoms with E-state index in [2.05, 4.69) is 38.7 Å². The molecule has 0 aromatic heterocycles. The molecule has 2 aromatic carbocycles. The summed E-state index contributed by atoms with van der Waals surface area (Å²) in [5.74, 6) is -0.596. The number of carbonyl (C=O) groups excluding carboxylic acids is 3. The number of hydrogen-bond acceptors (Lipinski definition) is 4. The molecule has 1 fully saturated rings. The van der Waals surface area contributed by atoms with Crippen LogP contribution in [-0.4, -0.2) is 48.0 Å². The van der Waals surface area contributed by atoms with Gasteiger partial charge in [-0.05, 0) is 52.9 Å². The number of halogens is 1. The number of likely N-dealkylation sites (tertiary alicyclic amines) is 1. The highest BCUT2D eigenvalue weighted by Crippen LogP contribution is 2.19. The number of nitrogens with one attached hydrogen (secondary N) is 2. The van der Waals surface area contributed by atoms with Crippen LogP contribution in [0.2, 0.25) is 0 Å². The summed E-state index contributed by atoms with van der Waals surface area (Å²) >= 11 is 3.41. The number of carbonyl (C=O) groups is 3. The van der Waals surface area contributed by atoms with Crippen molar-refractivity contribution in [1.82, 2.24) is 15.6 Å². The molecule has 1 atom stereocenters. The molecular weight excluding hydrogens is 544 g/mol. The lowest BCUT2D eigenvalue weighted by atomic mass is 9.97. The number of hydrogen-bond donors (Lipinski definition) is 2. The normalized spacial score (nSPS) is 15.7. The molecule has 8 heteroatoms. The van der Waals surface area contributed by atoms with E-state index in [0.717, 1.165) is 31.2 Å². The predicted molar refractivity (Wildman–Crippen MR) is 155 cm³/mol. The third kappa shape index (κ3) is 9.39. The largest absolute Gasteiger partial charge is 0.346 e. The second kappa shape index (κ2) is 16.1. The molecule has 1 aliphatic heterocycles. The molecule has 0 spiro atoms. The molecule has 0 radical (unpaired) electrons. The maximum atomic E-state index is 13.0. The van der Waals surface area contributed by atoms with Crippen LogP contribution < -0.4 is 10.7 Å². The van der Waals surface area contributed by atoms with Crippen LogP contribution >= 0.6 is 15.9 Å². The van der Waals surface area contributed by atoms with E-state index in [9.17, 15) is 14.4 Å². The van der Waals surface area contributed by atoms with E-state index < -0.39 is 0 Å². The van der Waals surface area contributed by atoms with Crippen molar-refractivity contribution in [3.05, 3.63) is 70.2 Å². The lowest BCUT2D eigenvalue weighted by molar-refractivity contribution is -0.135. The summed E-state index contributed by atoms with van der Waals surface area (Å²) in [4.78, 5) is 40.3. The number of hydrazone groups is 1. The van der Waals surface area contributed by atoms with Crippen LogP contribution in [0.5, 0.6) is 0 Å². The smallest absolute Gasteiger partial charge is 0.252 e. The first-order chi connectivity index (χ1) is 18.5. The van der Waals surface area contributed by atoms with Crippen LogP contribution in [0.1, 0.15) is 80.6 Å². The number of piperidine rings is 1. The molecule has 3 amide bonds. The van der Waals surface area contributed by atoms with Crippen molar-refractivity contribution in [1.29, 1.82) is 0 Å². The van der Waals surface area contributed by atoms with E-state index in [4.69, 9.17) is 0 Å². The lowest BCUT2D eigenvalue weighted by Crippen LogP contribution is -2.45. The van der Waals surface area contributed by atoms with Gasteiger partial charge >= 0.3 is 0 Å². The zero-order valence-corrected chi connectivity index (χ0v) is 23.8. The van der Waals surface area contributed by atoms with Crippen molar-refractivity contribution in [2.45, 2.75) is 64.7 Å². The number of benzene rings is 2. The zero-order valence-electron chi connectivity index (χ0n) is 22.3. The average molecular weight is 584 g/mol. The molecule has 2 N–H and O–H groups in total. The molecule has 1 heterocycles. The van der Waals surface area contributed by atoms with Crippen molar-refractivity contribution in [2.24, 2.45) is 11.0 Å². The molecular formula is C30H39BrN4O3. The van der Waals surface area contributed by atoms with Gasteiger partial charge in [-0.2, -0.15) is 5.10 Å². The first kappa shape index (κ1) is 29.6. The van der Waals surface area contributed by atoms with Crippen molar-refractivity contribution in [3.63, 3.8) is 0 Å². The van der Waals surface area contributed by atoms with Crippen molar-refractivity contribution in [2.75, 3.05) is 19.6 Å². The van der Waals surface area contributed by atoms with Crippen LogP contribution in [0, 0.1) is 5.92 Å². The Morgan fingerprint density at radius 1 is 0.974 bits per heavy atom. The van der Waals surface area contributed by atoms with E-state index in [-0.39, 0.29) is 30.2 Å². The molecule has 0 saturated carbocycles. The summed E-state index contributed by atoms with van der Waals surface area (Å²) < 4.78 is 0.705. The van der Waals surface area contributed by atoms with Gasteiger partial charge in [0.05, 0.1) is 23.7 Å². The van der Waals surface area contributed by atoms with Gasteiger partial charge in [0, 0.05) is 24.0 Å². The third-order valence-corrected chi connectivity index (χ3v) is 7.52. The SMILES string of the molecule is CCCCCCCCC(=O)N1CCC[C@H](C(=O)N/N=C(\CNC(=O)c2ccccc2Br)c2ccccc2)C1. The minimum atomic E-state index is -0.298. The van der Waals surface area contributed by atoms with E-state index in [1.165, 1.54) is 25.7 Å². The Morgan fingerprint density at radius 3 is 2.45 bits per heavy atom. The summed E-state index contributed by atoms with van der Waals surface area (Å²) in [6, 6.07) is 16.7. The van der Waals surface area contributed by atoms with Gasteiger partial charge in [0.1, 0.15) is 0 Å². The topological polar surface area (TPSA) is 90.9 Å². The van der Waals surface area contributed by atoms with Gasteiger partial charge in [-0.25, -0.2) is 5.43 Å². The molecule has 0 aliphatic carbocycles. The molecule has 3 rings (SSSR count). The maximum absolute atomic E-state index is 13.0. The van der Waals surface area contributed by atoms with Crippen molar-refractivity contribution < 1.29 is 14.4 Å². The Kier molecular flexibility index (Phi) is 12.5. The summed E-state index contributed by atoms with van der Waals surface area (Å²) in [6.45, 7) is 3.48. The second-order valence-corrected chi connectivity index (χ2v) is 10.6. The molecule has 0 unspecified atom stereocenters. The summed E-state index contributed by atoms with van der Waals surface area (Å²) in [5.41, 5.74) is 4.59. The Bertz CT molecular complexity index is 1090. The summed E-state index contributed by atoms with van der Waals surface area (Å²) in [7, 11) is 0. The van der Waals surface area contributed by atoms with Crippen LogP contribution in [0.3, 0.4) is 0 Å². The Morgan fingerprint density at radius 2 is 1.68 bits per heavy atom. The number of nitrogens with zero attached hydrogens (tertiary/aromatic N) is 2.